The van der Waals surface area contributed by atoms with Gasteiger partial charge < -0.3 is 5.32 Å². The van der Waals surface area contributed by atoms with Crippen LogP contribution in [0, 0.1) is 0 Å². The van der Waals surface area contributed by atoms with Crippen LogP contribution in [0.15, 0.2) is 41.1 Å². The molecular weight excluding hydrogens is 202 g/mol. The van der Waals surface area contributed by atoms with E-state index in [9.17, 15) is 0 Å². The molecule has 0 saturated heterocycles. The first-order valence-electron chi connectivity index (χ1n) is 5.11. The van der Waals surface area contributed by atoms with Crippen molar-refractivity contribution in [2.24, 2.45) is 0 Å². The standard InChI is InChI=1S/C13H15NS/c1-10(14-2)12-5-3-4-6-13(12)11-7-8-15-9-11/h3-10,14H,1-2H3. The lowest BCUT2D eigenvalue weighted by Gasteiger charge is -2.14. The van der Waals surface area contributed by atoms with E-state index in [-0.39, 0.29) is 0 Å². The van der Waals surface area contributed by atoms with Crippen LogP contribution < -0.4 is 5.32 Å². The summed E-state index contributed by atoms with van der Waals surface area (Å²) in [6.07, 6.45) is 0. The predicted octanol–water partition coefficient (Wildman–Crippen LogP) is 3.70. The predicted molar refractivity (Wildman–Crippen MR) is 67.2 cm³/mol. The van der Waals surface area contributed by atoms with Crippen molar-refractivity contribution >= 4 is 11.3 Å². The molecule has 0 radical (unpaired) electrons. The van der Waals surface area contributed by atoms with Crippen LogP contribution in [0.25, 0.3) is 11.1 Å². The van der Waals surface area contributed by atoms with Gasteiger partial charge in [-0.2, -0.15) is 11.3 Å². The Morgan fingerprint density at radius 1 is 1.20 bits per heavy atom. The summed E-state index contributed by atoms with van der Waals surface area (Å²) in [6, 6.07) is 11.1. The summed E-state index contributed by atoms with van der Waals surface area (Å²) in [6.45, 7) is 2.19. The fourth-order valence-corrected chi connectivity index (χ4v) is 2.37. The number of hydrogen-bond acceptors (Lipinski definition) is 2. The molecule has 0 saturated carbocycles. The molecule has 1 heterocycles. The monoisotopic (exact) mass is 217 g/mol. The van der Waals surface area contributed by atoms with E-state index in [1.54, 1.807) is 11.3 Å². The van der Waals surface area contributed by atoms with E-state index in [0.29, 0.717) is 6.04 Å². The SMILES string of the molecule is CNC(C)c1ccccc1-c1ccsc1. The van der Waals surface area contributed by atoms with E-state index in [1.807, 2.05) is 7.05 Å². The van der Waals surface area contributed by atoms with Crippen molar-refractivity contribution in [3.8, 4) is 11.1 Å². The number of hydrogen-bond donors (Lipinski definition) is 1. The van der Waals surface area contributed by atoms with Crippen LogP contribution in [-0.4, -0.2) is 7.05 Å². The van der Waals surface area contributed by atoms with Gasteiger partial charge in [0.25, 0.3) is 0 Å². The zero-order chi connectivity index (χ0) is 10.7. The molecule has 1 nitrogen and oxygen atoms in total. The van der Waals surface area contributed by atoms with Gasteiger partial charge in [0.05, 0.1) is 0 Å². The Kier molecular flexibility index (Phi) is 3.19. The van der Waals surface area contributed by atoms with Gasteiger partial charge in [0.2, 0.25) is 0 Å². The summed E-state index contributed by atoms with van der Waals surface area (Å²) in [5.74, 6) is 0. The van der Waals surface area contributed by atoms with Crippen molar-refractivity contribution in [3.63, 3.8) is 0 Å². The second kappa shape index (κ2) is 4.60. The summed E-state index contributed by atoms with van der Waals surface area (Å²) in [5.41, 5.74) is 4.01. The van der Waals surface area contributed by atoms with Gasteiger partial charge >= 0.3 is 0 Å². The minimum atomic E-state index is 0.390. The van der Waals surface area contributed by atoms with E-state index in [0.717, 1.165) is 0 Å². The molecule has 0 fully saturated rings. The first kappa shape index (κ1) is 10.4. The second-order valence-corrected chi connectivity index (χ2v) is 4.39. The number of rotatable bonds is 3. The van der Waals surface area contributed by atoms with Crippen molar-refractivity contribution in [3.05, 3.63) is 46.7 Å². The molecule has 2 aromatic rings. The maximum Gasteiger partial charge on any atom is 0.0295 e. The van der Waals surface area contributed by atoms with Crippen LogP contribution in [0.2, 0.25) is 0 Å². The minimum Gasteiger partial charge on any atom is -0.313 e. The van der Waals surface area contributed by atoms with Gasteiger partial charge in [-0.1, -0.05) is 24.3 Å². The number of benzene rings is 1. The Bertz CT molecular complexity index is 420. The van der Waals surface area contributed by atoms with Crippen molar-refractivity contribution in [2.75, 3.05) is 7.05 Å². The molecule has 1 N–H and O–H groups in total. The number of nitrogens with one attached hydrogen (secondary N) is 1. The number of thiophene rings is 1. The zero-order valence-electron chi connectivity index (χ0n) is 9.03. The Morgan fingerprint density at radius 2 is 2.00 bits per heavy atom. The first-order valence-corrected chi connectivity index (χ1v) is 6.06. The van der Waals surface area contributed by atoms with Crippen LogP contribution in [0.4, 0.5) is 0 Å². The average Bonchev–Trinajstić information content (AvgIpc) is 2.81. The molecule has 0 bridgehead atoms. The van der Waals surface area contributed by atoms with E-state index < -0.39 is 0 Å². The van der Waals surface area contributed by atoms with Crippen LogP contribution in [0.1, 0.15) is 18.5 Å². The van der Waals surface area contributed by atoms with Crippen LogP contribution in [0.3, 0.4) is 0 Å². The van der Waals surface area contributed by atoms with Gasteiger partial charge in [0.1, 0.15) is 0 Å². The lowest BCUT2D eigenvalue weighted by atomic mass is 9.97. The summed E-state index contributed by atoms with van der Waals surface area (Å²) in [4.78, 5) is 0. The zero-order valence-corrected chi connectivity index (χ0v) is 9.84. The Labute approximate surface area is 94.8 Å². The van der Waals surface area contributed by atoms with Crippen LogP contribution >= 0.6 is 11.3 Å². The molecule has 2 heteroatoms. The van der Waals surface area contributed by atoms with Crippen molar-refractivity contribution < 1.29 is 0 Å². The van der Waals surface area contributed by atoms with E-state index in [4.69, 9.17) is 0 Å². The summed E-state index contributed by atoms with van der Waals surface area (Å²) < 4.78 is 0. The first-order chi connectivity index (χ1) is 7.33. The van der Waals surface area contributed by atoms with Gasteiger partial charge in [0.15, 0.2) is 0 Å². The lowest BCUT2D eigenvalue weighted by Crippen LogP contribution is -2.13. The van der Waals surface area contributed by atoms with Crippen molar-refractivity contribution in [1.29, 1.82) is 0 Å². The van der Waals surface area contributed by atoms with Crippen LogP contribution in [0.5, 0.6) is 0 Å². The molecule has 0 aliphatic carbocycles. The molecule has 1 aromatic carbocycles. The maximum atomic E-state index is 3.29. The molecule has 0 aliphatic rings. The van der Waals surface area contributed by atoms with E-state index in [1.165, 1.54) is 16.7 Å². The second-order valence-electron chi connectivity index (χ2n) is 3.61. The van der Waals surface area contributed by atoms with E-state index in [2.05, 4.69) is 53.3 Å². The molecule has 0 amide bonds. The largest absolute Gasteiger partial charge is 0.313 e. The minimum absolute atomic E-state index is 0.390. The van der Waals surface area contributed by atoms with Gasteiger partial charge in [-0.25, -0.2) is 0 Å². The van der Waals surface area contributed by atoms with E-state index >= 15 is 0 Å². The highest BCUT2D eigenvalue weighted by Gasteiger charge is 2.09. The fraction of sp³-hybridized carbons (Fsp3) is 0.231. The summed E-state index contributed by atoms with van der Waals surface area (Å²) in [5, 5.41) is 7.60. The molecule has 78 valence electrons. The Morgan fingerprint density at radius 3 is 2.67 bits per heavy atom. The van der Waals surface area contributed by atoms with Crippen molar-refractivity contribution in [1.82, 2.24) is 5.32 Å². The fourth-order valence-electron chi connectivity index (χ4n) is 1.71. The highest BCUT2D eigenvalue weighted by Crippen LogP contribution is 2.29. The molecule has 15 heavy (non-hydrogen) atoms. The molecule has 0 spiro atoms. The Balaban J connectivity index is 2.47. The highest BCUT2D eigenvalue weighted by atomic mass is 32.1. The third kappa shape index (κ3) is 2.11. The Hall–Kier alpha value is -1.12. The summed E-state index contributed by atoms with van der Waals surface area (Å²) in [7, 11) is 2.00. The smallest absolute Gasteiger partial charge is 0.0295 e. The molecular formula is C13H15NS. The van der Waals surface area contributed by atoms with Gasteiger partial charge in [0, 0.05) is 6.04 Å². The average molecular weight is 217 g/mol. The van der Waals surface area contributed by atoms with Gasteiger partial charge in [-0.05, 0) is 47.5 Å². The lowest BCUT2D eigenvalue weighted by molar-refractivity contribution is 0.654. The highest BCUT2D eigenvalue weighted by molar-refractivity contribution is 7.08. The van der Waals surface area contributed by atoms with Gasteiger partial charge in [-0.15, -0.1) is 0 Å². The quantitative estimate of drug-likeness (QED) is 0.826. The molecule has 1 aromatic heterocycles. The third-order valence-electron chi connectivity index (χ3n) is 2.69. The molecule has 1 atom stereocenters. The molecule has 2 rings (SSSR count). The third-order valence-corrected chi connectivity index (χ3v) is 3.38. The normalized spacial score (nSPS) is 12.7. The molecule has 0 aliphatic heterocycles. The maximum absolute atomic E-state index is 3.29. The topological polar surface area (TPSA) is 12.0 Å². The van der Waals surface area contributed by atoms with Gasteiger partial charge in [-0.3, -0.25) is 0 Å². The summed E-state index contributed by atoms with van der Waals surface area (Å²) >= 11 is 1.74. The van der Waals surface area contributed by atoms with Crippen LogP contribution in [-0.2, 0) is 0 Å². The van der Waals surface area contributed by atoms with Crippen molar-refractivity contribution in [2.45, 2.75) is 13.0 Å². The molecule has 1 unspecified atom stereocenters.